The molecule has 0 saturated carbocycles. The number of barbiturate groups is 1. The maximum atomic E-state index is 13.1. The minimum absolute atomic E-state index is 0.160. The van der Waals surface area contributed by atoms with Gasteiger partial charge in [-0.25, -0.2) is 9.69 Å². The van der Waals surface area contributed by atoms with E-state index < -0.39 is 17.8 Å². The summed E-state index contributed by atoms with van der Waals surface area (Å²) in [7, 11) is 0. The summed E-state index contributed by atoms with van der Waals surface area (Å²) in [5.41, 5.74) is 2.87. The number of carbonyl (C=O) groups excluding carboxylic acids is 3. The summed E-state index contributed by atoms with van der Waals surface area (Å²) in [4.78, 5) is 38.9. The molecule has 4 rings (SSSR count). The number of carbonyl (C=O) groups is 3. The van der Waals surface area contributed by atoms with Gasteiger partial charge in [0.05, 0.1) is 5.69 Å². The maximum absolute atomic E-state index is 13.1. The summed E-state index contributed by atoms with van der Waals surface area (Å²) in [6.07, 6.45) is 1.44. The molecule has 0 unspecified atom stereocenters. The van der Waals surface area contributed by atoms with E-state index in [1.54, 1.807) is 42.5 Å². The van der Waals surface area contributed by atoms with Crippen LogP contribution in [0.15, 0.2) is 82.8 Å². The van der Waals surface area contributed by atoms with Crippen LogP contribution in [0.2, 0.25) is 0 Å². The Kier molecular flexibility index (Phi) is 6.18. The molecule has 3 aromatic carbocycles. The van der Waals surface area contributed by atoms with E-state index in [9.17, 15) is 14.4 Å². The van der Waals surface area contributed by atoms with Gasteiger partial charge in [-0.3, -0.25) is 14.9 Å². The highest BCUT2D eigenvalue weighted by atomic mass is 79.9. The van der Waals surface area contributed by atoms with Crippen LogP contribution in [0.25, 0.3) is 6.08 Å². The highest BCUT2D eigenvalue weighted by Gasteiger charge is 2.36. The number of para-hydroxylation sites is 1. The lowest BCUT2D eigenvalue weighted by Gasteiger charge is -2.26. The molecule has 160 valence electrons. The van der Waals surface area contributed by atoms with Crippen molar-refractivity contribution in [3.05, 3.63) is 99.5 Å². The fourth-order valence-electron chi connectivity index (χ4n) is 3.35. The Labute approximate surface area is 193 Å². The van der Waals surface area contributed by atoms with Gasteiger partial charge in [-0.2, -0.15) is 0 Å². The van der Waals surface area contributed by atoms with Crippen LogP contribution in [0.5, 0.6) is 5.75 Å². The van der Waals surface area contributed by atoms with E-state index in [0.717, 1.165) is 20.5 Å². The van der Waals surface area contributed by atoms with Crippen LogP contribution in [-0.4, -0.2) is 17.8 Å². The number of amides is 4. The molecule has 0 bridgehead atoms. The van der Waals surface area contributed by atoms with Gasteiger partial charge in [-0.15, -0.1) is 0 Å². The highest BCUT2D eigenvalue weighted by molar-refractivity contribution is 9.10. The van der Waals surface area contributed by atoms with E-state index >= 15 is 0 Å². The molecule has 1 aliphatic heterocycles. The van der Waals surface area contributed by atoms with Gasteiger partial charge in [-0.1, -0.05) is 64.0 Å². The van der Waals surface area contributed by atoms with E-state index in [1.807, 2.05) is 37.3 Å². The van der Waals surface area contributed by atoms with Gasteiger partial charge in [-0.05, 0) is 48.9 Å². The van der Waals surface area contributed by atoms with Crippen LogP contribution in [-0.2, 0) is 16.2 Å². The number of rotatable bonds is 5. The quantitative estimate of drug-likeness (QED) is 0.403. The third kappa shape index (κ3) is 4.63. The minimum Gasteiger partial charge on any atom is -0.488 e. The van der Waals surface area contributed by atoms with Gasteiger partial charge in [0.1, 0.15) is 17.9 Å². The van der Waals surface area contributed by atoms with Gasteiger partial charge >= 0.3 is 6.03 Å². The first-order chi connectivity index (χ1) is 15.4. The fraction of sp³-hybridized carbons (Fsp3) is 0.0800. The SMILES string of the molecule is Cc1cccc(COc2ccc(Br)cc2/C=C2\C(=O)NC(=O)N(c3ccccc3)C2=O)c1. The molecule has 1 heterocycles. The van der Waals surface area contributed by atoms with E-state index in [0.29, 0.717) is 23.6 Å². The van der Waals surface area contributed by atoms with Crippen LogP contribution in [0.3, 0.4) is 0 Å². The molecular weight excluding hydrogens is 472 g/mol. The average molecular weight is 491 g/mol. The second kappa shape index (κ2) is 9.20. The average Bonchev–Trinajstić information content (AvgIpc) is 2.77. The van der Waals surface area contributed by atoms with Crippen molar-refractivity contribution in [2.75, 3.05) is 4.90 Å². The van der Waals surface area contributed by atoms with Crippen molar-refractivity contribution in [3.63, 3.8) is 0 Å². The fourth-order valence-corrected chi connectivity index (χ4v) is 3.73. The van der Waals surface area contributed by atoms with E-state index in [1.165, 1.54) is 6.08 Å². The van der Waals surface area contributed by atoms with E-state index in [2.05, 4.69) is 21.2 Å². The number of nitrogens with one attached hydrogen (secondary N) is 1. The van der Waals surface area contributed by atoms with Gasteiger partial charge in [0.15, 0.2) is 0 Å². The Morgan fingerprint density at radius 2 is 1.75 bits per heavy atom. The molecule has 0 radical (unpaired) electrons. The summed E-state index contributed by atoms with van der Waals surface area (Å²) in [5, 5.41) is 2.23. The molecule has 0 atom stereocenters. The molecule has 32 heavy (non-hydrogen) atoms. The van der Waals surface area contributed by atoms with Gasteiger partial charge in [0.2, 0.25) is 0 Å². The minimum atomic E-state index is -0.784. The summed E-state index contributed by atoms with van der Waals surface area (Å²) in [6, 6.07) is 20.9. The normalized spacial score (nSPS) is 15.1. The molecule has 1 fully saturated rings. The first kappa shape index (κ1) is 21.5. The van der Waals surface area contributed by atoms with Crippen LogP contribution >= 0.6 is 15.9 Å². The lowest BCUT2D eigenvalue weighted by atomic mass is 10.1. The van der Waals surface area contributed by atoms with Crippen LogP contribution < -0.4 is 15.0 Å². The first-order valence-corrected chi connectivity index (χ1v) is 10.7. The zero-order chi connectivity index (χ0) is 22.7. The summed E-state index contributed by atoms with van der Waals surface area (Å²) < 4.78 is 6.75. The van der Waals surface area contributed by atoms with Crippen molar-refractivity contribution < 1.29 is 19.1 Å². The standard InChI is InChI=1S/C25H19BrN2O4/c1-16-6-5-7-17(12-16)15-32-22-11-10-19(26)13-18(22)14-21-23(29)27-25(31)28(24(21)30)20-8-3-2-4-9-20/h2-14H,15H2,1H3,(H,27,29,31)/b21-14+. The van der Waals surface area contributed by atoms with Crippen molar-refractivity contribution >= 4 is 45.5 Å². The van der Waals surface area contributed by atoms with Gasteiger partial charge < -0.3 is 4.74 Å². The molecule has 0 aromatic heterocycles. The molecule has 0 spiro atoms. The Hall–Kier alpha value is -3.71. The molecule has 7 heteroatoms. The third-order valence-corrected chi connectivity index (χ3v) is 5.36. The second-order valence-corrected chi connectivity index (χ2v) is 8.17. The van der Waals surface area contributed by atoms with Crippen molar-refractivity contribution in [2.45, 2.75) is 13.5 Å². The van der Waals surface area contributed by atoms with Crippen LogP contribution in [0.4, 0.5) is 10.5 Å². The summed E-state index contributed by atoms with van der Waals surface area (Å²) in [6.45, 7) is 2.33. The molecular formula is C25H19BrN2O4. The maximum Gasteiger partial charge on any atom is 0.335 e. The van der Waals surface area contributed by atoms with Crippen molar-refractivity contribution in [1.29, 1.82) is 0 Å². The number of urea groups is 1. The second-order valence-electron chi connectivity index (χ2n) is 7.25. The number of hydrogen-bond donors (Lipinski definition) is 1. The van der Waals surface area contributed by atoms with Crippen LogP contribution in [0, 0.1) is 6.92 Å². The molecule has 1 N–H and O–H groups in total. The Balaban J connectivity index is 1.67. The number of benzene rings is 3. The Bertz CT molecular complexity index is 1240. The number of anilines is 1. The summed E-state index contributed by atoms with van der Waals surface area (Å²) >= 11 is 3.42. The predicted octanol–water partition coefficient (Wildman–Crippen LogP) is 5.00. The lowest BCUT2D eigenvalue weighted by Crippen LogP contribution is -2.54. The van der Waals surface area contributed by atoms with Crippen molar-refractivity contribution in [1.82, 2.24) is 5.32 Å². The molecule has 0 aliphatic carbocycles. The van der Waals surface area contributed by atoms with E-state index in [4.69, 9.17) is 4.74 Å². The van der Waals surface area contributed by atoms with Crippen LogP contribution in [0.1, 0.15) is 16.7 Å². The Morgan fingerprint density at radius 1 is 0.969 bits per heavy atom. The molecule has 3 aromatic rings. The number of hydrogen-bond acceptors (Lipinski definition) is 4. The number of imide groups is 2. The first-order valence-electron chi connectivity index (χ1n) is 9.87. The number of nitrogens with zero attached hydrogens (tertiary/aromatic N) is 1. The molecule has 6 nitrogen and oxygen atoms in total. The molecule has 1 saturated heterocycles. The third-order valence-electron chi connectivity index (χ3n) is 4.86. The summed E-state index contributed by atoms with van der Waals surface area (Å²) in [5.74, 6) is -0.947. The molecule has 4 amide bonds. The molecule has 1 aliphatic rings. The van der Waals surface area contributed by atoms with E-state index in [-0.39, 0.29) is 5.57 Å². The van der Waals surface area contributed by atoms with Crippen molar-refractivity contribution in [2.24, 2.45) is 0 Å². The van der Waals surface area contributed by atoms with Crippen molar-refractivity contribution in [3.8, 4) is 5.75 Å². The topological polar surface area (TPSA) is 75.7 Å². The highest BCUT2D eigenvalue weighted by Crippen LogP contribution is 2.28. The number of halogens is 1. The Morgan fingerprint density at radius 3 is 2.50 bits per heavy atom. The number of aryl methyl sites for hydroxylation is 1. The monoisotopic (exact) mass is 490 g/mol. The number of ether oxygens (including phenoxy) is 1. The van der Waals surface area contributed by atoms with Gasteiger partial charge in [0.25, 0.3) is 11.8 Å². The smallest absolute Gasteiger partial charge is 0.335 e. The largest absolute Gasteiger partial charge is 0.488 e. The zero-order valence-electron chi connectivity index (χ0n) is 17.2. The predicted molar refractivity (Wildman–Crippen MR) is 125 cm³/mol. The lowest BCUT2D eigenvalue weighted by molar-refractivity contribution is -0.122. The zero-order valence-corrected chi connectivity index (χ0v) is 18.8. The van der Waals surface area contributed by atoms with Gasteiger partial charge in [0, 0.05) is 10.0 Å².